The van der Waals surface area contributed by atoms with Crippen LogP contribution in [0, 0.1) is 0 Å². The summed E-state index contributed by atoms with van der Waals surface area (Å²) in [5, 5.41) is 20.3. The number of rotatable bonds is 11. The molecule has 3 aromatic rings. The summed E-state index contributed by atoms with van der Waals surface area (Å²) in [5.74, 6) is -1.06. The molecule has 0 unspecified atom stereocenters. The summed E-state index contributed by atoms with van der Waals surface area (Å²) in [6.45, 7) is 1.00. The first-order valence-corrected chi connectivity index (χ1v) is 11.3. The van der Waals surface area contributed by atoms with E-state index in [4.69, 9.17) is 5.11 Å². The van der Waals surface area contributed by atoms with Crippen LogP contribution in [-0.4, -0.2) is 27.1 Å². The summed E-state index contributed by atoms with van der Waals surface area (Å²) in [7, 11) is 0. The lowest BCUT2D eigenvalue weighted by atomic mass is 9.94. The molecule has 2 atom stereocenters. The Balaban J connectivity index is 1.93. The minimum atomic E-state index is -4.46. The second-order valence-corrected chi connectivity index (χ2v) is 8.33. The molecule has 0 saturated carbocycles. The quantitative estimate of drug-likeness (QED) is 0.318. The molecule has 0 amide bonds. The molecule has 0 spiro atoms. The molecule has 0 radical (unpaired) electrons. The highest BCUT2D eigenvalue weighted by Crippen LogP contribution is 2.32. The first kappa shape index (κ1) is 26.2. The van der Waals surface area contributed by atoms with E-state index in [-0.39, 0.29) is 0 Å². The van der Waals surface area contributed by atoms with Gasteiger partial charge in [0.1, 0.15) is 0 Å². The number of carboxylic acid groups (broad SMARTS) is 1. The van der Waals surface area contributed by atoms with Gasteiger partial charge in [-0.2, -0.15) is 13.2 Å². The fourth-order valence-corrected chi connectivity index (χ4v) is 4.01. The minimum absolute atomic E-state index is 0.372. The van der Waals surface area contributed by atoms with Crippen LogP contribution in [-0.2, 0) is 24.1 Å². The Morgan fingerprint density at radius 1 is 0.857 bits per heavy atom. The van der Waals surface area contributed by atoms with Crippen molar-refractivity contribution in [1.82, 2.24) is 4.90 Å². The third-order valence-corrected chi connectivity index (χ3v) is 5.76. The van der Waals surface area contributed by atoms with Gasteiger partial charge < -0.3 is 10.2 Å². The Kier molecular flexibility index (Phi) is 9.23. The maximum Gasteiger partial charge on any atom is 0.416 e. The number of hydrogen-bond donors (Lipinski definition) is 2. The van der Waals surface area contributed by atoms with Gasteiger partial charge >= 0.3 is 12.1 Å². The van der Waals surface area contributed by atoms with E-state index in [1.807, 2.05) is 60.7 Å². The van der Waals surface area contributed by atoms with Crippen LogP contribution >= 0.6 is 0 Å². The summed E-state index contributed by atoms with van der Waals surface area (Å²) in [5.41, 5.74) is 1.64. The number of aliphatic hydroxyl groups excluding tert-OH is 1. The van der Waals surface area contributed by atoms with Gasteiger partial charge in [0.05, 0.1) is 11.7 Å². The molecule has 2 N–H and O–H groups in total. The predicted molar refractivity (Wildman–Crippen MR) is 128 cm³/mol. The number of aliphatic hydroxyl groups is 1. The standard InChI is InChI=1S/C28H28F3NO3/c29-28(30,31)24-17-15-23(16-18-24)27(35)25(13-7-8-14-26(33)34)32(19-21-9-3-1-4-10-21)20-22-11-5-2-6-12-22/h1-6,8-12,14-18,25,27,35H,7,13,19-20H2,(H,33,34)/b14-8+/t25-,27+/m1/s1. The maximum absolute atomic E-state index is 13.0. The molecule has 4 nitrogen and oxygen atoms in total. The first-order valence-electron chi connectivity index (χ1n) is 11.3. The average Bonchev–Trinajstić information content (AvgIpc) is 2.84. The number of carbonyl (C=O) groups is 1. The Morgan fingerprint density at radius 3 is 1.83 bits per heavy atom. The van der Waals surface area contributed by atoms with E-state index in [2.05, 4.69) is 4.90 Å². The van der Waals surface area contributed by atoms with Crippen LogP contribution in [0.4, 0.5) is 13.2 Å². The molecule has 3 aromatic carbocycles. The molecule has 0 aromatic heterocycles. The van der Waals surface area contributed by atoms with Crippen molar-refractivity contribution < 1.29 is 28.2 Å². The fourth-order valence-electron chi connectivity index (χ4n) is 4.01. The zero-order valence-electron chi connectivity index (χ0n) is 19.1. The van der Waals surface area contributed by atoms with Crippen molar-refractivity contribution in [2.45, 2.75) is 44.3 Å². The maximum atomic E-state index is 13.0. The van der Waals surface area contributed by atoms with Crippen molar-refractivity contribution in [3.63, 3.8) is 0 Å². The molecule has 0 aliphatic heterocycles. The molecule has 0 heterocycles. The van der Waals surface area contributed by atoms with Crippen molar-refractivity contribution in [2.24, 2.45) is 0 Å². The van der Waals surface area contributed by atoms with Gasteiger partial charge in [-0.25, -0.2) is 4.79 Å². The van der Waals surface area contributed by atoms with E-state index in [0.29, 0.717) is 31.5 Å². The third-order valence-electron chi connectivity index (χ3n) is 5.76. The molecule has 0 aliphatic carbocycles. The van der Waals surface area contributed by atoms with Crippen LogP contribution in [0.3, 0.4) is 0 Å². The number of carboxylic acids is 1. The van der Waals surface area contributed by atoms with Gasteiger partial charge in [-0.1, -0.05) is 78.9 Å². The van der Waals surface area contributed by atoms with Crippen LogP contribution in [0.1, 0.15) is 41.2 Å². The molecule has 0 fully saturated rings. The fraction of sp³-hybridized carbons (Fsp3) is 0.250. The second kappa shape index (κ2) is 12.3. The zero-order valence-corrected chi connectivity index (χ0v) is 19.1. The molecule has 0 bridgehead atoms. The molecular formula is C28H28F3NO3. The van der Waals surface area contributed by atoms with Crippen LogP contribution < -0.4 is 0 Å². The lowest BCUT2D eigenvalue weighted by Crippen LogP contribution is -2.39. The van der Waals surface area contributed by atoms with E-state index in [1.54, 1.807) is 0 Å². The lowest BCUT2D eigenvalue weighted by Gasteiger charge is -2.35. The second-order valence-electron chi connectivity index (χ2n) is 8.33. The first-order chi connectivity index (χ1) is 16.7. The third kappa shape index (κ3) is 8.09. The van der Waals surface area contributed by atoms with Gasteiger partial charge in [-0.3, -0.25) is 4.90 Å². The van der Waals surface area contributed by atoms with Crippen molar-refractivity contribution in [3.05, 3.63) is 119 Å². The van der Waals surface area contributed by atoms with Gasteiger partial charge in [-0.15, -0.1) is 0 Å². The van der Waals surface area contributed by atoms with E-state index in [1.165, 1.54) is 18.2 Å². The van der Waals surface area contributed by atoms with E-state index in [0.717, 1.165) is 29.3 Å². The van der Waals surface area contributed by atoms with Crippen molar-refractivity contribution >= 4 is 5.97 Å². The number of nitrogens with zero attached hydrogens (tertiary/aromatic N) is 1. The van der Waals surface area contributed by atoms with Crippen LogP contribution in [0.2, 0.25) is 0 Å². The number of benzene rings is 3. The minimum Gasteiger partial charge on any atom is -0.478 e. The van der Waals surface area contributed by atoms with Gasteiger partial charge in [-0.05, 0) is 41.7 Å². The van der Waals surface area contributed by atoms with Crippen molar-refractivity contribution in [2.75, 3.05) is 0 Å². The molecule has 0 saturated heterocycles. The van der Waals surface area contributed by atoms with E-state index in [9.17, 15) is 23.1 Å². The highest BCUT2D eigenvalue weighted by atomic mass is 19.4. The Bertz CT molecular complexity index is 1040. The Labute approximate surface area is 203 Å². The number of alkyl halides is 3. The molecule has 7 heteroatoms. The molecule has 0 aliphatic rings. The lowest BCUT2D eigenvalue weighted by molar-refractivity contribution is -0.137. The Hall–Kier alpha value is -3.42. The smallest absolute Gasteiger partial charge is 0.416 e. The summed E-state index contributed by atoms with van der Waals surface area (Å²) in [6.07, 6.45) is -2.17. The van der Waals surface area contributed by atoms with Crippen molar-refractivity contribution in [3.8, 4) is 0 Å². The molecule has 35 heavy (non-hydrogen) atoms. The Morgan fingerprint density at radius 2 is 1.37 bits per heavy atom. The summed E-state index contributed by atoms with van der Waals surface area (Å²) < 4.78 is 39.1. The van der Waals surface area contributed by atoms with E-state index >= 15 is 0 Å². The largest absolute Gasteiger partial charge is 0.478 e. The monoisotopic (exact) mass is 483 g/mol. The average molecular weight is 484 g/mol. The van der Waals surface area contributed by atoms with Gasteiger partial charge in [0.25, 0.3) is 0 Å². The predicted octanol–water partition coefficient (Wildman–Crippen LogP) is 6.23. The summed E-state index contributed by atoms with van der Waals surface area (Å²) in [6, 6.07) is 23.5. The topological polar surface area (TPSA) is 60.8 Å². The molecule has 3 rings (SSSR count). The molecule has 184 valence electrons. The van der Waals surface area contributed by atoms with Crippen LogP contribution in [0.25, 0.3) is 0 Å². The van der Waals surface area contributed by atoms with Gasteiger partial charge in [0.2, 0.25) is 0 Å². The SMILES string of the molecule is O=C(O)/C=C/CC[C@H]([C@@H](O)c1ccc(C(F)(F)F)cc1)N(Cc1ccccc1)Cc1ccccc1. The number of aliphatic carboxylic acids is 1. The number of allylic oxidation sites excluding steroid dienone is 1. The van der Waals surface area contributed by atoms with Crippen LogP contribution in [0.15, 0.2) is 97.1 Å². The molecular weight excluding hydrogens is 455 g/mol. The zero-order chi connectivity index (χ0) is 25.3. The number of hydrogen-bond acceptors (Lipinski definition) is 3. The van der Waals surface area contributed by atoms with Crippen LogP contribution in [0.5, 0.6) is 0 Å². The summed E-state index contributed by atoms with van der Waals surface area (Å²) in [4.78, 5) is 13.0. The highest BCUT2D eigenvalue weighted by molar-refractivity contribution is 5.79. The van der Waals surface area contributed by atoms with Gasteiger partial charge in [0, 0.05) is 25.2 Å². The normalized spacial score (nSPS) is 13.7. The van der Waals surface area contributed by atoms with Crippen molar-refractivity contribution in [1.29, 1.82) is 0 Å². The highest BCUT2D eigenvalue weighted by Gasteiger charge is 2.32. The van der Waals surface area contributed by atoms with Gasteiger partial charge in [0.15, 0.2) is 0 Å². The van der Waals surface area contributed by atoms with E-state index < -0.39 is 29.9 Å². The number of halogens is 3. The summed E-state index contributed by atoms with van der Waals surface area (Å²) >= 11 is 0.